The van der Waals surface area contributed by atoms with Gasteiger partial charge in [0.1, 0.15) is 5.75 Å². The van der Waals surface area contributed by atoms with E-state index in [2.05, 4.69) is 30.2 Å². The Bertz CT molecular complexity index is 854. The van der Waals surface area contributed by atoms with Crippen molar-refractivity contribution in [3.05, 3.63) is 58.7 Å². The van der Waals surface area contributed by atoms with E-state index in [1.807, 2.05) is 35.7 Å². The van der Waals surface area contributed by atoms with E-state index in [1.54, 1.807) is 24.6 Å². The number of carbonyl (C=O) groups is 1. The van der Waals surface area contributed by atoms with Crippen LogP contribution in [0.4, 0.5) is 0 Å². The van der Waals surface area contributed by atoms with E-state index >= 15 is 0 Å². The monoisotopic (exact) mass is 384 g/mol. The molecule has 1 aromatic carbocycles. The Morgan fingerprint density at radius 3 is 2.67 bits per heavy atom. The summed E-state index contributed by atoms with van der Waals surface area (Å²) >= 11 is 1.66. The average Bonchev–Trinajstić information content (AvgIpc) is 3.36. The van der Waals surface area contributed by atoms with Crippen molar-refractivity contribution >= 4 is 17.2 Å². The molecule has 3 aromatic rings. The maximum atomic E-state index is 12.4. The molecule has 142 valence electrons. The number of benzene rings is 1. The summed E-state index contributed by atoms with van der Waals surface area (Å²) in [6.07, 6.45) is 2.51. The molecule has 0 aliphatic heterocycles. The molecule has 0 fully saturated rings. The number of methoxy groups -OCH3 is 1. The maximum absolute atomic E-state index is 12.4. The highest BCUT2D eigenvalue weighted by Gasteiger charge is 2.19. The molecule has 1 amide bonds. The molecule has 0 saturated heterocycles. The SMILES string of the molecule is COc1ccc(-c2cnc(CCC(=O)NC(c3cccs3)C(C)C)o2)cc1. The molecule has 0 saturated carbocycles. The number of aromatic nitrogens is 1. The van der Waals surface area contributed by atoms with Crippen LogP contribution in [-0.4, -0.2) is 18.0 Å². The number of thiophene rings is 1. The van der Waals surface area contributed by atoms with Gasteiger partial charge in [0.2, 0.25) is 5.91 Å². The first-order valence-electron chi connectivity index (χ1n) is 8.98. The normalized spacial score (nSPS) is 12.1. The molecule has 1 unspecified atom stereocenters. The number of aryl methyl sites for hydroxylation is 1. The highest BCUT2D eigenvalue weighted by molar-refractivity contribution is 7.10. The Morgan fingerprint density at radius 1 is 1.26 bits per heavy atom. The molecular formula is C21H24N2O3S. The Kier molecular flexibility index (Phi) is 6.29. The molecule has 0 spiro atoms. The van der Waals surface area contributed by atoms with Crippen LogP contribution in [0.1, 0.15) is 37.1 Å². The van der Waals surface area contributed by atoms with Gasteiger partial charge in [0.05, 0.1) is 19.3 Å². The van der Waals surface area contributed by atoms with Gasteiger partial charge in [-0.25, -0.2) is 4.98 Å². The van der Waals surface area contributed by atoms with Gasteiger partial charge in [-0.05, 0) is 41.6 Å². The third-order valence-corrected chi connectivity index (χ3v) is 5.28. The Hall–Kier alpha value is -2.60. The summed E-state index contributed by atoms with van der Waals surface area (Å²) in [4.78, 5) is 17.9. The van der Waals surface area contributed by atoms with Crippen LogP contribution < -0.4 is 10.1 Å². The Balaban J connectivity index is 1.56. The summed E-state index contributed by atoms with van der Waals surface area (Å²) in [5.74, 6) is 2.38. The predicted molar refractivity (Wildman–Crippen MR) is 107 cm³/mol. The van der Waals surface area contributed by atoms with Crippen LogP contribution in [0.15, 0.2) is 52.4 Å². The van der Waals surface area contributed by atoms with E-state index in [0.29, 0.717) is 30.4 Å². The fourth-order valence-electron chi connectivity index (χ4n) is 2.82. The summed E-state index contributed by atoms with van der Waals surface area (Å²) in [5, 5.41) is 5.16. The molecule has 0 aliphatic carbocycles. The molecule has 0 radical (unpaired) electrons. The Morgan fingerprint density at radius 2 is 2.04 bits per heavy atom. The van der Waals surface area contributed by atoms with E-state index in [0.717, 1.165) is 11.3 Å². The summed E-state index contributed by atoms with van der Waals surface area (Å²) < 4.78 is 10.9. The topological polar surface area (TPSA) is 64.4 Å². The third kappa shape index (κ3) is 4.98. The van der Waals surface area contributed by atoms with Gasteiger partial charge in [0, 0.05) is 23.3 Å². The molecule has 2 aromatic heterocycles. The highest BCUT2D eigenvalue weighted by Crippen LogP contribution is 2.26. The number of amides is 1. The molecule has 2 heterocycles. The third-order valence-electron chi connectivity index (χ3n) is 4.33. The van der Waals surface area contributed by atoms with Gasteiger partial charge in [-0.3, -0.25) is 4.79 Å². The summed E-state index contributed by atoms with van der Waals surface area (Å²) in [5.41, 5.74) is 0.927. The van der Waals surface area contributed by atoms with Crippen LogP contribution >= 0.6 is 11.3 Å². The first-order chi connectivity index (χ1) is 13.1. The van der Waals surface area contributed by atoms with Crippen LogP contribution in [0, 0.1) is 5.92 Å². The average molecular weight is 385 g/mol. The molecular weight excluding hydrogens is 360 g/mol. The van der Waals surface area contributed by atoms with Crippen molar-refractivity contribution in [1.29, 1.82) is 0 Å². The molecule has 0 aliphatic rings. The maximum Gasteiger partial charge on any atom is 0.221 e. The van der Waals surface area contributed by atoms with Crippen molar-refractivity contribution in [2.24, 2.45) is 5.92 Å². The minimum atomic E-state index is 0.00583. The second-order valence-electron chi connectivity index (χ2n) is 6.65. The van der Waals surface area contributed by atoms with Gasteiger partial charge in [0.25, 0.3) is 0 Å². The van der Waals surface area contributed by atoms with Crippen LogP contribution in [0.2, 0.25) is 0 Å². The number of nitrogens with one attached hydrogen (secondary N) is 1. The second-order valence-corrected chi connectivity index (χ2v) is 7.63. The molecule has 27 heavy (non-hydrogen) atoms. The molecule has 1 atom stereocenters. The van der Waals surface area contributed by atoms with Crippen molar-refractivity contribution in [2.75, 3.05) is 7.11 Å². The zero-order chi connectivity index (χ0) is 19.2. The fraction of sp³-hybridized carbons (Fsp3) is 0.333. The van der Waals surface area contributed by atoms with Crippen LogP contribution in [0.3, 0.4) is 0 Å². The number of oxazole rings is 1. The predicted octanol–water partition coefficient (Wildman–Crippen LogP) is 4.86. The van der Waals surface area contributed by atoms with Gasteiger partial charge >= 0.3 is 0 Å². The zero-order valence-corrected chi connectivity index (χ0v) is 16.6. The minimum absolute atomic E-state index is 0.00583. The largest absolute Gasteiger partial charge is 0.497 e. The first-order valence-corrected chi connectivity index (χ1v) is 9.86. The van der Waals surface area contributed by atoms with Gasteiger partial charge in [-0.1, -0.05) is 19.9 Å². The summed E-state index contributed by atoms with van der Waals surface area (Å²) in [6, 6.07) is 11.7. The molecule has 6 heteroatoms. The minimum Gasteiger partial charge on any atom is -0.497 e. The van der Waals surface area contributed by atoms with Crippen LogP contribution in [0.25, 0.3) is 11.3 Å². The fourth-order valence-corrected chi connectivity index (χ4v) is 3.76. The molecule has 0 bridgehead atoms. The number of nitrogens with zero attached hydrogens (tertiary/aromatic N) is 1. The first kappa shape index (κ1) is 19.2. The lowest BCUT2D eigenvalue weighted by Crippen LogP contribution is -2.31. The molecule has 1 N–H and O–H groups in total. The smallest absolute Gasteiger partial charge is 0.221 e. The number of rotatable bonds is 8. The van der Waals surface area contributed by atoms with E-state index in [1.165, 1.54) is 4.88 Å². The number of ether oxygens (including phenoxy) is 1. The molecule has 3 rings (SSSR count). The van der Waals surface area contributed by atoms with Crippen LogP contribution in [0.5, 0.6) is 5.75 Å². The quantitative estimate of drug-likeness (QED) is 0.602. The standard InChI is InChI=1S/C21H24N2O3S/c1-14(2)21(18-5-4-12-27-18)23-19(24)10-11-20-22-13-17(26-20)15-6-8-16(25-3)9-7-15/h4-9,12-14,21H,10-11H2,1-3H3,(H,23,24). The second kappa shape index (κ2) is 8.86. The van der Waals surface area contributed by atoms with Gasteiger partial charge < -0.3 is 14.5 Å². The zero-order valence-electron chi connectivity index (χ0n) is 15.8. The van der Waals surface area contributed by atoms with Crippen LogP contribution in [-0.2, 0) is 11.2 Å². The number of hydrogen-bond acceptors (Lipinski definition) is 5. The summed E-state index contributed by atoms with van der Waals surface area (Å²) in [7, 11) is 1.63. The van der Waals surface area contributed by atoms with Gasteiger partial charge in [-0.15, -0.1) is 11.3 Å². The molecule has 5 nitrogen and oxygen atoms in total. The lowest BCUT2D eigenvalue weighted by molar-refractivity contribution is -0.122. The summed E-state index contributed by atoms with van der Waals surface area (Å²) in [6.45, 7) is 4.22. The van der Waals surface area contributed by atoms with Crippen molar-refractivity contribution in [3.63, 3.8) is 0 Å². The van der Waals surface area contributed by atoms with E-state index in [-0.39, 0.29) is 11.9 Å². The Labute approximate surface area is 163 Å². The lowest BCUT2D eigenvalue weighted by Gasteiger charge is -2.21. The van der Waals surface area contributed by atoms with Crippen molar-refractivity contribution < 1.29 is 13.9 Å². The van der Waals surface area contributed by atoms with Gasteiger partial charge in [-0.2, -0.15) is 0 Å². The lowest BCUT2D eigenvalue weighted by atomic mass is 10.0. The van der Waals surface area contributed by atoms with Gasteiger partial charge in [0.15, 0.2) is 11.7 Å². The van der Waals surface area contributed by atoms with E-state index in [9.17, 15) is 4.79 Å². The number of carbonyl (C=O) groups excluding carboxylic acids is 1. The van der Waals surface area contributed by atoms with Crippen molar-refractivity contribution in [2.45, 2.75) is 32.7 Å². The van der Waals surface area contributed by atoms with E-state index in [4.69, 9.17) is 9.15 Å². The number of hydrogen-bond donors (Lipinski definition) is 1. The highest BCUT2D eigenvalue weighted by atomic mass is 32.1. The van der Waals surface area contributed by atoms with Crippen molar-refractivity contribution in [1.82, 2.24) is 10.3 Å². The van der Waals surface area contributed by atoms with E-state index < -0.39 is 0 Å². The van der Waals surface area contributed by atoms with Crippen molar-refractivity contribution in [3.8, 4) is 17.1 Å².